The molecule has 0 bridgehead atoms. The Labute approximate surface area is 208 Å². The van der Waals surface area contributed by atoms with Crippen molar-refractivity contribution < 1.29 is 24.2 Å². The Morgan fingerprint density at radius 1 is 0.882 bits per heavy atom. The third-order valence-electron chi connectivity index (χ3n) is 5.79. The average molecular weight is 503 g/mol. The van der Waals surface area contributed by atoms with Crippen LogP contribution in [0.4, 0.5) is 4.79 Å². The van der Waals surface area contributed by atoms with Gasteiger partial charge in [-0.15, -0.1) is 0 Å². The minimum Gasteiger partial charge on any atom is -0.480 e. The van der Waals surface area contributed by atoms with Gasteiger partial charge in [-0.1, -0.05) is 48.5 Å². The molecule has 1 aliphatic carbocycles. The van der Waals surface area contributed by atoms with Crippen molar-refractivity contribution in [2.75, 3.05) is 30.6 Å². The molecule has 3 N–H and O–H groups in total. The van der Waals surface area contributed by atoms with E-state index in [1.165, 1.54) is 11.8 Å². The van der Waals surface area contributed by atoms with Crippen LogP contribution in [0.1, 0.15) is 29.9 Å². The number of ether oxygens (including phenoxy) is 1. The number of nitrogens with one attached hydrogen (secondary N) is 2. The van der Waals surface area contributed by atoms with Crippen LogP contribution in [0, 0.1) is 0 Å². The molecule has 0 saturated carbocycles. The van der Waals surface area contributed by atoms with Gasteiger partial charge in [0.15, 0.2) is 0 Å². The van der Waals surface area contributed by atoms with Crippen LogP contribution in [0.3, 0.4) is 0 Å². The van der Waals surface area contributed by atoms with Crippen molar-refractivity contribution in [2.24, 2.45) is 0 Å². The van der Waals surface area contributed by atoms with E-state index < -0.39 is 30.1 Å². The molecule has 2 atom stereocenters. The molecule has 3 rings (SSSR count). The molecule has 2 aromatic rings. The van der Waals surface area contributed by atoms with Crippen LogP contribution >= 0.6 is 23.5 Å². The normalized spacial score (nSPS) is 13.9. The first-order valence-corrected chi connectivity index (χ1v) is 13.9. The molecule has 2 amide bonds. The van der Waals surface area contributed by atoms with Crippen LogP contribution in [0.5, 0.6) is 0 Å². The summed E-state index contributed by atoms with van der Waals surface area (Å²) in [5.41, 5.74) is 4.47. The smallest absolute Gasteiger partial charge is 0.407 e. The van der Waals surface area contributed by atoms with E-state index in [1.807, 2.05) is 48.9 Å². The second-order valence-electron chi connectivity index (χ2n) is 7.98. The molecule has 1 aliphatic rings. The van der Waals surface area contributed by atoms with E-state index >= 15 is 0 Å². The highest BCUT2D eigenvalue weighted by molar-refractivity contribution is 7.98. The number of thioether (sulfide) groups is 2. The van der Waals surface area contributed by atoms with Crippen LogP contribution in [-0.2, 0) is 14.3 Å². The molecule has 0 radical (unpaired) electrons. The SMILES string of the molecule is CSCC[C@H](NC(=O)[C@@H](CCSC)NC(=O)OCC1c2ccccc2-c2ccccc21)C(=O)O. The summed E-state index contributed by atoms with van der Waals surface area (Å²) >= 11 is 3.05. The van der Waals surface area contributed by atoms with E-state index in [1.54, 1.807) is 11.8 Å². The first-order chi connectivity index (χ1) is 16.5. The van der Waals surface area contributed by atoms with Gasteiger partial charge < -0.3 is 20.5 Å². The summed E-state index contributed by atoms with van der Waals surface area (Å²) in [7, 11) is 0. The van der Waals surface area contributed by atoms with Gasteiger partial charge in [-0.2, -0.15) is 23.5 Å². The lowest BCUT2D eigenvalue weighted by atomic mass is 9.98. The largest absolute Gasteiger partial charge is 0.480 e. The maximum atomic E-state index is 12.8. The van der Waals surface area contributed by atoms with E-state index in [2.05, 4.69) is 22.8 Å². The average Bonchev–Trinajstić information content (AvgIpc) is 3.16. The van der Waals surface area contributed by atoms with Gasteiger partial charge in [-0.25, -0.2) is 9.59 Å². The highest BCUT2D eigenvalue weighted by Gasteiger charge is 2.30. The fraction of sp³-hybridized carbons (Fsp3) is 0.400. The van der Waals surface area contributed by atoms with Crippen LogP contribution < -0.4 is 10.6 Å². The Balaban J connectivity index is 1.64. The van der Waals surface area contributed by atoms with Gasteiger partial charge in [0.05, 0.1) is 0 Å². The van der Waals surface area contributed by atoms with Gasteiger partial charge in [0.1, 0.15) is 18.7 Å². The first-order valence-electron chi connectivity index (χ1n) is 11.1. The second kappa shape index (κ2) is 12.7. The summed E-state index contributed by atoms with van der Waals surface area (Å²) in [6, 6.07) is 14.2. The van der Waals surface area contributed by atoms with E-state index in [4.69, 9.17) is 4.74 Å². The zero-order chi connectivity index (χ0) is 24.5. The summed E-state index contributed by atoms with van der Waals surface area (Å²) in [6.07, 6.45) is 3.76. The zero-order valence-electron chi connectivity index (χ0n) is 19.3. The number of aliphatic carboxylic acids is 1. The maximum absolute atomic E-state index is 12.8. The van der Waals surface area contributed by atoms with Crippen molar-refractivity contribution in [3.63, 3.8) is 0 Å². The third-order valence-corrected chi connectivity index (χ3v) is 7.08. The predicted molar refractivity (Wildman–Crippen MR) is 138 cm³/mol. The van der Waals surface area contributed by atoms with Crippen molar-refractivity contribution in [1.82, 2.24) is 10.6 Å². The van der Waals surface area contributed by atoms with E-state index in [9.17, 15) is 19.5 Å². The maximum Gasteiger partial charge on any atom is 0.407 e. The third kappa shape index (κ3) is 6.48. The molecule has 0 fully saturated rings. The molecule has 0 saturated heterocycles. The molecule has 0 unspecified atom stereocenters. The van der Waals surface area contributed by atoms with E-state index in [-0.39, 0.29) is 12.5 Å². The number of fused-ring (bicyclic) bond motifs is 3. The fourth-order valence-electron chi connectivity index (χ4n) is 4.05. The van der Waals surface area contributed by atoms with Crippen LogP contribution in [0.2, 0.25) is 0 Å². The first kappa shape index (κ1) is 26.0. The Kier molecular flexibility index (Phi) is 9.71. The molecule has 2 aromatic carbocycles. The number of hydrogen-bond donors (Lipinski definition) is 3. The van der Waals surface area contributed by atoms with Crippen molar-refractivity contribution in [3.05, 3.63) is 59.7 Å². The lowest BCUT2D eigenvalue weighted by Crippen LogP contribution is -2.52. The minimum atomic E-state index is -1.09. The summed E-state index contributed by atoms with van der Waals surface area (Å²) in [4.78, 5) is 37.0. The number of carboxylic acids is 1. The number of benzene rings is 2. The monoisotopic (exact) mass is 502 g/mol. The van der Waals surface area contributed by atoms with Crippen molar-refractivity contribution in [1.29, 1.82) is 0 Å². The Bertz CT molecular complexity index is 971. The molecule has 182 valence electrons. The topological polar surface area (TPSA) is 105 Å². The minimum absolute atomic E-state index is 0.0837. The van der Waals surface area contributed by atoms with Gasteiger partial charge in [0.25, 0.3) is 0 Å². The summed E-state index contributed by atoms with van der Waals surface area (Å²) < 4.78 is 5.56. The van der Waals surface area contributed by atoms with Crippen molar-refractivity contribution in [2.45, 2.75) is 30.8 Å². The van der Waals surface area contributed by atoms with Crippen molar-refractivity contribution in [3.8, 4) is 11.1 Å². The van der Waals surface area contributed by atoms with E-state index in [0.717, 1.165) is 22.3 Å². The number of carbonyl (C=O) groups is 3. The van der Waals surface area contributed by atoms with Crippen LogP contribution in [0.15, 0.2) is 48.5 Å². The quantitative estimate of drug-likeness (QED) is 0.403. The van der Waals surface area contributed by atoms with Gasteiger partial charge >= 0.3 is 12.1 Å². The van der Waals surface area contributed by atoms with Gasteiger partial charge in [-0.05, 0) is 59.1 Å². The van der Waals surface area contributed by atoms with E-state index in [0.29, 0.717) is 24.3 Å². The Morgan fingerprint density at radius 2 is 1.41 bits per heavy atom. The lowest BCUT2D eigenvalue weighted by Gasteiger charge is -2.22. The summed E-state index contributed by atoms with van der Waals surface area (Å²) in [6.45, 7) is 0.141. The summed E-state index contributed by atoms with van der Waals surface area (Å²) in [5.74, 6) is -0.459. The van der Waals surface area contributed by atoms with Crippen LogP contribution in [0.25, 0.3) is 11.1 Å². The molecule has 0 aromatic heterocycles. The molecular weight excluding hydrogens is 472 g/mol. The second-order valence-corrected chi connectivity index (χ2v) is 9.96. The number of amides is 2. The van der Waals surface area contributed by atoms with Crippen LogP contribution in [-0.4, -0.2) is 65.8 Å². The number of carbonyl (C=O) groups excluding carboxylic acids is 2. The van der Waals surface area contributed by atoms with Crippen molar-refractivity contribution >= 4 is 41.5 Å². The zero-order valence-corrected chi connectivity index (χ0v) is 20.9. The molecular formula is C25H30N2O5S2. The molecule has 7 nitrogen and oxygen atoms in total. The Hall–Kier alpha value is -2.65. The molecule has 9 heteroatoms. The standard InChI is InChI=1S/C25H30N2O5S2/c1-33-13-11-21(23(28)26-22(24(29)30)12-14-34-2)27-25(31)32-15-20-18-9-5-3-7-16(18)17-8-4-6-10-19(17)20/h3-10,20-22H,11-15H2,1-2H3,(H,26,28)(H,27,31)(H,29,30)/t21-,22+/m1/s1. The highest BCUT2D eigenvalue weighted by atomic mass is 32.2. The molecule has 34 heavy (non-hydrogen) atoms. The number of carboxylic acid groups (broad SMARTS) is 1. The lowest BCUT2D eigenvalue weighted by molar-refractivity contribution is -0.142. The van der Waals surface area contributed by atoms with Gasteiger partial charge in [0.2, 0.25) is 5.91 Å². The fourth-order valence-corrected chi connectivity index (χ4v) is 5.00. The molecule has 0 heterocycles. The number of hydrogen-bond acceptors (Lipinski definition) is 6. The Morgan fingerprint density at radius 3 is 1.94 bits per heavy atom. The number of rotatable bonds is 12. The number of alkyl carbamates (subject to hydrolysis) is 1. The molecule has 0 spiro atoms. The highest BCUT2D eigenvalue weighted by Crippen LogP contribution is 2.44. The summed E-state index contributed by atoms with van der Waals surface area (Å²) in [5, 5.41) is 14.6. The predicted octanol–water partition coefficient (Wildman–Crippen LogP) is 3.97. The molecule has 0 aliphatic heterocycles. The van der Waals surface area contributed by atoms with Gasteiger partial charge in [0, 0.05) is 5.92 Å². The van der Waals surface area contributed by atoms with Gasteiger partial charge in [-0.3, -0.25) is 4.79 Å².